The average molecular weight is 1450 g/mol. The molecule has 0 saturated heterocycles. The number of hydrogen-bond acceptors (Lipinski definition) is 8. The van der Waals surface area contributed by atoms with Crippen LogP contribution in [0.2, 0.25) is 0 Å². The highest BCUT2D eigenvalue weighted by Gasteiger charge is 2.94. The van der Waals surface area contributed by atoms with Crippen molar-refractivity contribution >= 4 is 17.9 Å². The lowest BCUT2D eigenvalue weighted by molar-refractivity contribution is -0.452. The number of ether oxygens (including phenoxy) is 5. The molecule has 8 nitrogen and oxygen atoms in total. The Balaban J connectivity index is 1.52. The molecule has 0 atom stereocenters. The fraction of sp³-hybridized carbons (Fsp3) is 0.638. The van der Waals surface area contributed by atoms with Crippen LogP contribution in [0.3, 0.4) is 0 Å². The van der Waals surface area contributed by atoms with Gasteiger partial charge in [-0.15, -0.1) is 0 Å². The van der Waals surface area contributed by atoms with E-state index >= 15 is 0 Å². The van der Waals surface area contributed by atoms with Crippen molar-refractivity contribution in [3.05, 3.63) is 77.9 Å². The average Bonchev–Trinajstić information content (AvgIpc) is 0.710. The number of unbranched alkanes of at least 4 members (excludes halogenated alkanes) is 10. The normalized spacial score (nSPS) is 14.1. The molecule has 0 unspecified atom stereocenters. The molecule has 0 heterocycles. The van der Waals surface area contributed by atoms with E-state index in [0.717, 1.165) is 12.1 Å². The second kappa shape index (κ2) is 31.6. The van der Waals surface area contributed by atoms with Crippen molar-refractivity contribution in [1.82, 2.24) is 0 Å². The summed E-state index contributed by atoms with van der Waals surface area (Å²) in [5.74, 6) is -97.4. The smallest absolute Gasteiger partial charge is 0.460 e. The van der Waals surface area contributed by atoms with E-state index in [1.807, 2.05) is 13.8 Å². The molecule has 0 N–H and O–H groups in total. The first-order valence-electron chi connectivity index (χ1n) is 28.6. The Bertz CT molecular complexity index is 2980. The molecule has 0 aliphatic rings. The molecule has 0 aromatic heterocycles. The zero-order valence-corrected chi connectivity index (χ0v) is 49.7. The zero-order valence-electron chi connectivity index (χ0n) is 49.7. The summed E-state index contributed by atoms with van der Waals surface area (Å²) < 4.78 is 431. The minimum absolute atomic E-state index is 0.0468. The van der Waals surface area contributed by atoms with E-state index in [9.17, 15) is 146 Å². The van der Waals surface area contributed by atoms with Gasteiger partial charge in [0.1, 0.15) is 17.2 Å². The third-order valence-electron chi connectivity index (χ3n) is 14.4. The predicted molar refractivity (Wildman–Crippen MR) is 275 cm³/mol. The largest absolute Gasteiger partial charge is 0.494 e. The van der Waals surface area contributed by atoms with Gasteiger partial charge in [0.25, 0.3) is 0 Å². The van der Waals surface area contributed by atoms with Crippen LogP contribution in [0.1, 0.15) is 150 Å². The first-order valence-corrected chi connectivity index (χ1v) is 28.6. The van der Waals surface area contributed by atoms with Gasteiger partial charge in [-0.3, -0.25) is 4.79 Å². The maximum Gasteiger partial charge on any atom is 0.460 e. The molecule has 0 bridgehead atoms. The molecule has 0 saturated carbocycles. The first-order chi connectivity index (χ1) is 43.7. The number of halogens is 30. The van der Waals surface area contributed by atoms with Crippen molar-refractivity contribution in [2.75, 3.05) is 13.2 Å². The van der Waals surface area contributed by atoms with Crippen molar-refractivity contribution in [1.29, 1.82) is 0 Å². The summed E-state index contributed by atoms with van der Waals surface area (Å²) >= 11 is 0. The van der Waals surface area contributed by atoms with E-state index in [-0.39, 0.29) is 104 Å². The number of hydrogen-bond donors (Lipinski definition) is 0. The monoisotopic (exact) mass is 1450 g/mol. The maximum atomic E-state index is 14.2. The summed E-state index contributed by atoms with van der Waals surface area (Å²) in [6, 6.07) is 13.6. The first kappa shape index (κ1) is 83.8. The minimum atomic E-state index is -8.35. The number of carbonyl (C=O) groups excluding carboxylic acids is 3. The van der Waals surface area contributed by atoms with Crippen LogP contribution < -0.4 is 23.7 Å². The Morgan fingerprint density at radius 2 is 0.615 bits per heavy atom. The molecule has 0 aliphatic carbocycles. The van der Waals surface area contributed by atoms with Gasteiger partial charge in [0.2, 0.25) is 0 Å². The highest BCUT2D eigenvalue weighted by molar-refractivity contribution is 5.92. The quantitative estimate of drug-likeness (QED) is 0.0240. The van der Waals surface area contributed by atoms with Gasteiger partial charge < -0.3 is 23.7 Å². The van der Waals surface area contributed by atoms with Gasteiger partial charge in [0.05, 0.1) is 30.3 Å². The summed E-state index contributed by atoms with van der Waals surface area (Å²) in [4.78, 5) is 39.9. The molecule has 0 fully saturated rings. The summed E-state index contributed by atoms with van der Waals surface area (Å²) in [6.07, 6.45) is -20.8. The lowest BCUT2D eigenvalue weighted by Crippen LogP contribution is -2.72. The number of benzene rings is 3. The van der Waals surface area contributed by atoms with Crippen LogP contribution in [0.25, 0.3) is 0 Å². The van der Waals surface area contributed by atoms with Crippen molar-refractivity contribution in [2.45, 2.75) is 213 Å². The fourth-order valence-corrected chi connectivity index (χ4v) is 8.69. The standard InChI is InChI=1S/C58H58F30O8/c1-3-17-34(18-4-2)43(90)96-41-33-39(94-42(89)35-19-23-37(24-20-35)92-31-15-11-7-5-9-13-29-45(59,60)47(63,64)49(67,68)51(71,72)53(75,76)55(79,80)57(83,84)85)27-28-40(41)95-44(91)36-21-25-38(26-22-36)93-32-16-12-8-6-10-14-30-46(61,62)48(65,66)50(69,70)52(73,74)54(77,78)56(81,82)58(86,87)88/h19-28,33-34H,3-18,29-32H2,1-2H3. The molecule has 0 amide bonds. The number of rotatable bonds is 40. The molecule has 548 valence electrons. The molecular formula is C58H58F30O8. The summed E-state index contributed by atoms with van der Waals surface area (Å²) in [6.45, 7) is 3.52. The van der Waals surface area contributed by atoms with Crippen LogP contribution in [0.4, 0.5) is 132 Å². The topological polar surface area (TPSA) is 97.4 Å². The van der Waals surface area contributed by atoms with Gasteiger partial charge in [-0.25, -0.2) is 9.59 Å². The molecule has 3 aromatic rings. The van der Waals surface area contributed by atoms with E-state index in [4.69, 9.17) is 23.7 Å². The summed E-state index contributed by atoms with van der Waals surface area (Å²) in [7, 11) is 0. The number of alkyl halides is 30. The van der Waals surface area contributed by atoms with Crippen LogP contribution in [0.5, 0.6) is 28.7 Å². The van der Waals surface area contributed by atoms with Crippen LogP contribution >= 0.6 is 0 Å². The number of carbonyl (C=O) groups is 3. The molecule has 96 heavy (non-hydrogen) atoms. The van der Waals surface area contributed by atoms with E-state index in [1.54, 1.807) is 0 Å². The van der Waals surface area contributed by atoms with E-state index in [2.05, 4.69) is 0 Å². The van der Waals surface area contributed by atoms with Gasteiger partial charge in [-0.1, -0.05) is 78.1 Å². The summed E-state index contributed by atoms with van der Waals surface area (Å²) in [5, 5.41) is 0. The van der Waals surface area contributed by atoms with E-state index < -0.39 is 146 Å². The highest BCUT2D eigenvalue weighted by Crippen LogP contribution is 2.65. The van der Waals surface area contributed by atoms with E-state index in [0.29, 0.717) is 25.7 Å². The second-order valence-electron chi connectivity index (χ2n) is 21.7. The van der Waals surface area contributed by atoms with Gasteiger partial charge in [0, 0.05) is 18.9 Å². The van der Waals surface area contributed by atoms with Gasteiger partial charge >= 0.3 is 101 Å². The SMILES string of the molecule is CCCC(CCC)C(=O)Oc1cc(OC(=O)c2ccc(OCCCCCCCCC(F)(F)C(F)(F)C(F)(F)C(F)(F)C(F)(F)C(F)(F)C(F)(F)F)cc2)ccc1OC(=O)c1ccc(OCCCCCCCCC(F)(F)C(F)(F)C(F)(F)C(F)(F)C(F)(F)C(F)(F)C(F)(F)F)cc1. The summed E-state index contributed by atoms with van der Waals surface area (Å²) in [5.41, 5.74) is -0.168. The molecule has 0 aliphatic heterocycles. The maximum absolute atomic E-state index is 14.2. The lowest BCUT2D eigenvalue weighted by Gasteiger charge is -2.41. The molecule has 38 heteroatoms. The molecule has 3 rings (SSSR count). The molecule has 0 radical (unpaired) electrons. The van der Waals surface area contributed by atoms with Gasteiger partial charge in [0.15, 0.2) is 11.5 Å². The van der Waals surface area contributed by atoms with Crippen molar-refractivity contribution in [3.63, 3.8) is 0 Å². The fourth-order valence-electron chi connectivity index (χ4n) is 8.69. The Kier molecular flexibility index (Phi) is 27.6. The minimum Gasteiger partial charge on any atom is -0.494 e. The van der Waals surface area contributed by atoms with Crippen LogP contribution in [0.15, 0.2) is 66.7 Å². The van der Waals surface area contributed by atoms with Gasteiger partial charge in [-0.2, -0.15) is 132 Å². The Morgan fingerprint density at radius 3 is 0.948 bits per heavy atom. The lowest BCUT2D eigenvalue weighted by atomic mass is 9.89. The predicted octanol–water partition coefficient (Wildman–Crippen LogP) is 21.2. The third kappa shape index (κ3) is 18.1. The van der Waals surface area contributed by atoms with Crippen LogP contribution in [0, 0.1) is 5.92 Å². The molecular weight excluding hydrogens is 1390 g/mol. The Hall–Kier alpha value is -6.43. The van der Waals surface area contributed by atoms with E-state index in [1.165, 1.54) is 54.6 Å². The Morgan fingerprint density at radius 1 is 0.323 bits per heavy atom. The zero-order chi connectivity index (χ0) is 73.8. The van der Waals surface area contributed by atoms with Crippen molar-refractivity contribution < 1.29 is 170 Å². The Labute approximate surface area is 525 Å². The molecule has 3 aromatic carbocycles. The van der Waals surface area contributed by atoms with Crippen molar-refractivity contribution in [2.24, 2.45) is 5.92 Å². The number of esters is 3. The van der Waals surface area contributed by atoms with Crippen LogP contribution in [-0.4, -0.2) is 115 Å². The highest BCUT2D eigenvalue weighted by atomic mass is 19.4. The van der Waals surface area contributed by atoms with Crippen LogP contribution in [-0.2, 0) is 4.79 Å². The third-order valence-corrected chi connectivity index (χ3v) is 14.4. The molecule has 0 spiro atoms. The van der Waals surface area contributed by atoms with Crippen molar-refractivity contribution in [3.8, 4) is 28.7 Å². The second-order valence-corrected chi connectivity index (χ2v) is 21.7. The van der Waals surface area contributed by atoms with Gasteiger partial charge in [-0.05, 0) is 99.2 Å².